The van der Waals surface area contributed by atoms with Gasteiger partial charge in [-0.3, -0.25) is 9.78 Å². The van der Waals surface area contributed by atoms with Crippen LogP contribution in [0.4, 0.5) is 5.82 Å². The van der Waals surface area contributed by atoms with E-state index in [1.807, 2.05) is 42.5 Å². The minimum absolute atomic E-state index is 0.128. The van der Waals surface area contributed by atoms with E-state index in [4.69, 9.17) is 10.7 Å². The number of rotatable bonds is 3. The van der Waals surface area contributed by atoms with Crippen molar-refractivity contribution in [3.05, 3.63) is 48.7 Å². The number of nitrogens with two attached hydrogens (primary N) is 1. The third-order valence-electron chi connectivity index (χ3n) is 4.37. The monoisotopic (exact) mass is 319 g/mol. The molecule has 24 heavy (non-hydrogen) atoms. The summed E-state index contributed by atoms with van der Waals surface area (Å²) in [4.78, 5) is 27.3. The topological polar surface area (TPSA) is 85.0 Å². The zero-order chi connectivity index (χ0) is 16.5. The van der Waals surface area contributed by atoms with Crippen LogP contribution in [-0.2, 0) is 4.79 Å². The maximum atomic E-state index is 11.5. The second-order valence-corrected chi connectivity index (χ2v) is 5.94. The lowest BCUT2D eigenvalue weighted by atomic mass is 10.1. The van der Waals surface area contributed by atoms with Gasteiger partial charge in [0, 0.05) is 24.7 Å². The summed E-state index contributed by atoms with van der Waals surface area (Å²) in [5.41, 5.74) is 7.06. The van der Waals surface area contributed by atoms with Gasteiger partial charge in [-0.2, -0.15) is 0 Å². The fourth-order valence-corrected chi connectivity index (χ4v) is 3.10. The third kappa shape index (κ3) is 2.56. The molecule has 4 rings (SSSR count). The molecule has 3 heterocycles. The summed E-state index contributed by atoms with van der Waals surface area (Å²) in [6, 6.07) is 13.6. The van der Waals surface area contributed by atoms with E-state index in [0.717, 1.165) is 35.4 Å². The minimum Gasteiger partial charge on any atom is -0.369 e. The van der Waals surface area contributed by atoms with Crippen LogP contribution in [0.1, 0.15) is 6.42 Å². The predicted octanol–water partition coefficient (Wildman–Crippen LogP) is 2.00. The second kappa shape index (κ2) is 5.88. The molecule has 1 unspecified atom stereocenters. The zero-order valence-corrected chi connectivity index (χ0v) is 13.1. The fourth-order valence-electron chi connectivity index (χ4n) is 3.10. The van der Waals surface area contributed by atoms with E-state index in [0.29, 0.717) is 12.4 Å². The lowest BCUT2D eigenvalue weighted by molar-refractivity contribution is -0.121. The standard InChI is InChI=1S/C18H17N5O/c19-16(24)12-8-10-23(11-12)18-13-5-1-2-6-14(13)21-17(22-18)15-7-3-4-9-20-15/h1-7,9,12H,8,10-11H2,(H2,19,24). The summed E-state index contributed by atoms with van der Waals surface area (Å²) in [6.45, 7) is 1.36. The number of carbonyl (C=O) groups is 1. The number of anilines is 1. The van der Waals surface area contributed by atoms with Gasteiger partial charge in [-0.05, 0) is 30.7 Å². The molecule has 0 aliphatic carbocycles. The molecule has 120 valence electrons. The Bertz CT molecular complexity index is 896. The number of carbonyl (C=O) groups excluding carboxylic acids is 1. The number of aromatic nitrogens is 3. The number of fused-ring (bicyclic) bond motifs is 1. The Morgan fingerprint density at radius 1 is 1.12 bits per heavy atom. The third-order valence-corrected chi connectivity index (χ3v) is 4.37. The van der Waals surface area contributed by atoms with E-state index in [9.17, 15) is 4.79 Å². The lowest BCUT2D eigenvalue weighted by Crippen LogP contribution is -2.28. The Balaban J connectivity index is 1.83. The molecular formula is C18H17N5O. The molecule has 0 spiro atoms. The van der Waals surface area contributed by atoms with Crippen LogP contribution in [0.5, 0.6) is 0 Å². The lowest BCUT2D eigenvalue weighted by Gasteiger charge is -2.19. The van der Waals surface area contributed by atoms with Crippen LogP contribution < -0.4 is 10.6 Å². The molecule has 0 radical (unpaired) electrons. The van der Waals surface area contributed by atoms with E-state index >= 15 is 0 Å². The first-order chi connectivity index (χ1) is 11.7. The first kappa shape index (κ1) is 14.6. The zero-order valence-electron chi connectivity index (χ0n) is 13.1. The molecule has 3 aromatic rings. The molecule has 1 amide bonds. The molecule has 2 N–H and O–H groups in total. The van der Waals surface area contributed by atoms with Crippen molar-refractivity contribution in [2.24, 2.45) is 11.7 Å². The van der Waals surface area contributed by atoms with Crippen molar-refractivity contribution in [1.29, 1.82) is 0 Å². The number of nitrogens with zero attached hydrogens (tertiary/aromatic N) is 4. The molecule has 6 nitrogen and oxygen atoms in total. The van der Waals surface area contributed by atoms with Gasteiger partial charge in [0.1, 0.15) is 11.5 Å². The van der Waals surface area contributed by atoms with Crippen molar-refractivity contribution in [1.82, 2.24) is 15.0 Å². The normalized spacial score (nSPS) is 17.3. The summed E-state index contributed by atoms with van der Waals surface area (Å²) in [5, 5.41) is 0.974. The first-order valence-electron chi connectivity index (χ1n) is 7.95. The molecule has 0 bridgehead atoms. The van der Waals surface area contributed by atoms with Crippen LogP contribution in [0, 0.1) is 5.92 Å². The van der Waals surface area contributed by atoms with Gasteiger partial charge >= 0.3 is 0 Å². The Morgan fingerprint density at radius 3 is 2.71 bits per heavy atom. The summed E-state index contributed by atoms with van der Waals surface area (Å²) in [6.07, 6.45) is 2.49. The van der Waals surface area contributed by atoms with Crippen molar-refractivity contribution < 1.29 is 4.79 Å². The summed E-state index contributed by atoms with van der Waals surface area (Å²) < 4.78 is 0. The highest BCUT2D eigenvalue weighted by Gasteiger charge is 2.28. The molecule has 1 saturated heterocycles. The average molecular weight is 319 g/mol. The Labute approximate surface area is 139 Å². The highest BCUT2D eigenvalue weighted by atomic mass is 16.1. The van der Waals surface area contributed by atoms with E-state index in [-0.39, 0.29) is 11.8 Å². The van der Waals surface area contributed by atoms with Crippen LogP contribution in [-0.4, -0.2) is 33.9 Å². The SMILES string of the molecule is NC(=O)C1CCN(c2nc(-c3ccccn3)nc3ccccc23)C1. The Morgan fingerprint density at radius 2 is 1.96 bits per heavy atom. The van der Waals surface area contributed by atoms with Crippen LogP contribution in [0.15, 0.2) is 48.7 Å². The molecular weight excluding hydrogens is 302 g/mol. The molecule has 1 aromatic carbocycles. The average Bonchev–Trinajstić information content (AvgIpc) is 3.12. The van der Waals surface area contributed by atoms with Gasteiger partial charge in [0.15, 0.2) is 5.82 Å². The first-order valence-corrected chi connectivity index (χ1v) is 7.95. The van der Waals surface area contributed by atoms with Gasteiger partial charge in [0.25, 0.3) is 0 Å². The van der Waals surface area contributed by atoms with Crippen molar-refractivity contribution in [2.75, 3.05) is 18.0 Å². The van der Waals surface area contributed by atoms with E-state index in [1.165, 1.54) is 0 Å². The van der Waals surface area contributed by atoms with Crippen LogP contribution in [0.2, 0.25) is 0 Å². The van der Waals surface area contributed by atoms with Gasteiger partial charge in [0.2, 0.25) is 5.91 Å². The molecule has 1 aliphatic rings. The molecule has 2 aromatic heterocycles. The van der Waals surface area contributed by atoms with Gasteiger partial charge in [0.05, 0.1) is 11.4 Å². The van der Waals surface area contributed by atoms with Gasteiger partial charge < -0.3 is 10.6 Å². The second-order valence-electron chi connectivity index (χ2n) is 5.94. The summed E-state index contributed by atoms with van der Waals surface area (Å²) >= 11 is 0. The van der Waals surface area contributed by atoms with Gasteiger partial charge in [-0.25, -0.2) is 9.97 Å². The Hall–Kier alpha value is -3.02. The minimum atomic E-state index is -0.249. The quantitative estimate of drug-likeness (QED) is 0.798. The van der Waals surface area contributed by atoms with Crippen LogP contribution in [0.25, 0.3) is 22.4 Å². The van der Waals surface area contributed by atoms with Gasteiger partial charge in [-0.1, -0.05) is 18.2 Å². The maximum Gasteiger partial charge on any atom is 0.222 e. The number of benzene rings is 1. The predicted molar refractivity (Wildman–Crippen MR) is 92.3 cm³/mol. The number of primary amides is 1. The van der Waals surface area contributed by atoms with Gasteiger partial charge in [-0.15, -0.1) is 0 Å². The number of pyridine rings is 1. The van der Waals surface area contributed by atoms with E-state index < -0.39 is 0 Å². The molecule has 6 heteroatoms. The maximum absolute atomic E-state index is 11.5. The number of amides is 1. The van der Waals surface area contributed by atoms with Crippen molar-refractivity contribution in [3.63, 3.8) is 0 Å². The molecule has 1 fully saturated rings. The van der Waals surface area contributed by atoms with Crippen molar-refractivity contribution in [2.45, 2.75) is 6.42 Å². The fraction of sp³-hybridized carbons (Fsp3) is 0.222. The highest BCUT2D eigenvalue weighted by Crippen LogP contribution is 2.30. The largest absolute Gasteiger partial charge is 0.369 e. The van der Waals surface area contributed by atoms with E-state index in [2.05, 4.69) is 14.9 Å². The number of hydrogen-bond donors (Lipinski definition) is 1. The van der Waals surface area contributed by atoms with Crippen molar-refractivity contribution >= 4 is 22.6 Å². The summed E-state index contributed by atoms with van der Waals surface area (Å²) in [7, 11) is 0. The van der Waals surface area contributed by atoms with Crippen LogP contribution >= 0.6 is 0 Å². The molecule has 0 saturated carbocycles. The Kier molecular flexibility index (Phi) is 3.57. The van der Waals surface area contributed by atoms with E-state index in [1.54, 1.807) is 6.20 Å². The van der Waals surface area contributed by atoms with Crippen molar-refractivity contribution in [3.8, 4) is 11.5 Å². The smallest absolute Gasteiger partial charge is 0.222 e. The van der Waals surface area contributed by atoms with Crippen LogP contribution in [0.3, 0.4) is 0 Å². The molecule has 1 aliphatic heterocycles. The molecule has 1 atom stereocenters. The number of para-hydroxylation sites is 1. The summed E-state index contributed by atoms with van der Waals surface area (Å²) in [5.74, 6) is 1.05. The number of hydrogen-bond acceptors (Lipinski definition) is 5. The highest BCUT2D eigenvalue weighted by molar-refractivity contribution is 5.91.